The molecular weight excluding hydrogens is 279 g/mol. The second kappa shape index (κ2) is 5.64. The first kappa shape index (κ1) is 12.7. The van der Waals surface area contributed by atoms with Gasteiger partial charge in [-0.05, 0) is 33.6 Å². The molecule has 0 aromatic heterocycles. The van der Waals surface area contributed by atoms with E-state index in [-0.39, 0.29) is 5.78 Å². The van der Waals surface area contributed by atoms with Crippen molar-refractivity contribution in [1.29, 1.82) is 0 Å². The van der Waals surface area contributed by atoms with E-state index in [1.165, 1.54) is 7.11 Å². The van der Waals surface area contributed by atoms with Crippen LogP contribution in [0.1, 0.15) is 25.0 Å². The Balaban J connectivity index is 3.02. The van der Waals surface area contributed by atoms with Gasteiger partial charge in [0.15, 0.2) is 5.78 Å². The molecule has 4 heteroatoms. The maximum atomic E-state index is 11.6. The third kappa shape index (κ3) is 3.03. The van der Waals surface area contributed by atoms with Crippen LogP contribution < -0.4 is 0 Å². The molecule has 0 heterocycles. The van der Waals surface area contributed by atoms with E-state index < -0.39 is 6.10 Å². The lowest BCUT2D eigenvalue weighted by molar-refractivity contribution is -0.128. The van der Waals surface area contributed by atoms with Gasteiger partial charge in [-0.1, -0.05) is 24.6 Å². The van der Waals surface area contributed by atoms with Crippen LogP contribution in [0.4, 0.5) is 0 Å². The number of Topliss-reactive ketones (excluding diaryl/α,β-unsaturated/α-hetero) is 1. The summed E-state index contributed by atoms with van der Waals surface area (Å²) in [7, 11) is 1.53. The molecule has 1 unspecified atom stereocenters. The SMILES string of the molecule is CCC(=O)C(OC)c1ccc(Cl)c(Br)c1. The molecule has 1 aromatic carbocycles. The molecule has 82 valence electrons. The van der Waals surface area contributed by atoms with Gasteiger partial charge in [-0.3, -0.25) is 4.79 Å². The predicted molar refractivity (Wildman–Crippen MR) is 64.2 cm³/mol. The molecule has 0 aliphatic heterocycles. The van der Waals surface area contributed by atoms with Crippen molar-refractivity contribution >= 4 is 33.3 Å². The summed E-state index contributed by atoms with van der Waals surface area (Å²) in [6.07, 6.45) is -0.0396. The highest BCUT2D eigenvalue weighted by molar-refractivity contribution is 9.10. The van der Waals surface area contributed by atoms with Crippen molar-refractivity contribution in [3.8, 4) is 0 Å². The minimum absolute atomic E-state index is 0.0618. The molecule has 0 bridgehead atoms. The smallest absolute Gasteiger partial charge is 0.165 e. The monoisotopic (exact) mass is 290 g/mol. The van der Waals surface area contributed by atoms with Crippen LogP contribution in [0.15, 0.2) is 22.7 Å². The molecule has 1 rings (SSSR count). The summed E-state index contributed by atoms with van der Waals surface area (Å²) in [6, 6.07) is 5.36. The molecule has 0 aliphatic rings. The van der Waals surface area contributed by atoms with E-state index in [1.54, 1.807) is 12.1 Å². The average Bonchev–Trinajstić information content (AvgIpc) is 2.24. The zero-order valence-corrected chi connectivity index (χ0v) is 10.9. The maximum Gasteiger partial charge on any atom is 0.165 e. The summed E-state index contributed by atoms with van der Waals surface area (Å²) in [6.45, 7) is 1.82. The molecule has 0 radical (unpaired) electrons. The number of rotatable bonds is 4. The minimum atomic E-state index is -0.497. The fourth-order valence-electron chi connectivity index (χ4n) is 1.31. The molecule has 0 saturated carbocycles. The van der Waals surface area contributed by atoms with E-state index in [9.17, 15) is 4.79 Å². The Labute approximate surface area is 103 Å². The molecule has 1 atom stereocenters. The van der Waals surface area contributed by atoms with Gasteiger partial charge in [0, 0.05) is 18.0 Å². The third-order valence-corrected chi connectivity index (χ3v) is 3.34. The van der Waals surface area contributed by atoms with Crippen molar-refractivity contribution in [3.63, 3.8) is 0 Å². The Morgan fingerprint density at radius 3 is 2.73 bits per heavy atom. The summed E-state index contributed by atoms with van der Waals surface area (Å²) in [5, 5.41) is 0.623. The van der Waals surface area contributed by atoms with Gasteiger partial charge in [0.1, 0.15) is 6.10 Å². The Morgan fingerprint density at radius 2 is 2.27 bits per heavy atom. The van der Waals surface area contributed by atoms with E-state index in [4.69, 9.17) is 16.3 Å². The zero-order valence-electron chi connectivity index (χ0n) is 8.59. The lowest BCUT2D eigenvalue weighted by Gasteiger charge is -2.14. The molecule has 0 N–H and O–H groups in total. The second-order valence-corrected chi connectivity index (χ2v) is 4.37. The topological polar surface area (TPSA) is 26.3 Å². The van der Waals surface area contributed by atoms with Crippen molar-refractivity contribution in [2.75, 3.05) is 7.11 Å². The molecule has 0 amide bonds. The Morgan fingerprint density at radius 1 is 1.60 bits per heavy atom. The summed E-state index contributed by atoms with van der Waals surface area (Å²) >= 11 is 9.19. The molecule has 0 saturated heterocycles. The number of ketones is 1. The number of hydrogen-bond acceptors (Lipinski definition) is 2. The number of methoxy groups -OCH3 is 1. The number of ether oxygens (including phenoxy) is 1. The summed E-state index contributed by atoms with van der Waals surface area (Å²) in [5.74, 6) is 0.0618. The van der Waals surface area contributed by atoms with Gasteiger partial charge in [0.25, 0.3) is 0 Å². The van der Waals surface area contributed by atoms with Crippen LogP contribution in [0.25, 0.3) is 0 Å². The van der Waals surface area contributed by atoms with Gasteiger partial charge in [0.05, 0.1) is 5.02 Å². The number of carbonyl (C=O) groups is 1. The van der Waals surface area contributed by atoms with Crippen LogP contribution in [-0.2, 0) is 9.53 Å². The number of benzene rings is 1. The quantitative estimate of drug-likeness (QED) is 0.844. The summed E-state index contributed by atoms with van der Waals surface area (Å²) < 4.78 is 5.94. The highest BCUT2D eigenvalue weighted by Crippen LogP contribution is 2.28. The molecule has 1 aromatic rings. The summed E-state index contributed by atoms with van der Waals surface area (Å²) in [4.78, 5) is 11.6. The molecule has 15 heavy (non-hydrogen) atoms. The maximum absolute atomic E-state index is 11.6. The van der Waals surface area contributed by atoms with Crippen LogP contribution in [0.3, 0.4) is 0 Å². The van der Waals surface area contributed by atoms with E-state index in [2.05, 4.69) is 15.9 Å². The van der Waals surface area contributed by atoms with Crippen LogP contribution in [0, 0.1) is 0 Å². The first-order chi connectivity index (χ1) is 7.10. The van der Waals surface area contributed by atoms with Gasteiger partial charge in [-0.25, -0.2) is 0 Å². The van der Waals surface area contributed by atoms with E-state index in [0.717, 1.165) is 10.0 Å². The van der Waals surface area contributed by atoms with Crippen LogP contribution in [-0.4, -0.2) is 12.9 Å². The largest absolute Gasteiger partial charge is 0.369 e. The Hall–Kier alpha value is -0.380. The molecule has 0 aliphatic carbocycles. The lowest BCUT2D eigenvalue weighted by atomic mass is 10.0. The van der Waals surface area contributed by atoms with Crippen LogP contribution >= 0.6 is 27.5 Å². The third-order valence-electron chi connectivity index (χ3n) is 2.12. The average molecular weight is 292 g/mol. The van der Waals surface area contributed by atoms with Crippen molar-refractivity contribution in [2.24, 2.45) is 0 Å². The number of halogens is 2. The molecule has 0 spiro atoms. The number of carbonyl (C=O) groups excluding carboxylic acids is 1. The highest BCUT2D eigenvalue weighted by atomic mass is 79.9. The van der Waals surface area contributed by atoms with Crippen molar-refractivity contribution in [2.45, 2.75) is 19.4 Å². The van der Waals surface area contributed by atoms with Crippen LogP contribution in [0.5, 0.6) is 0 Å². The van der Waals surface area contributed by atoms with Gasteiger partial charge < -0.3 is 4.74 Å². The molecule has 2 nitrogen and oxygen atoms in total. The number of hydrogen-bond donors (Lipinski definition) is 0. The Kier molecular flexibility index (Phi) is 4.77. The zero-order chi connectivity index (χ0) is 11.4. The first-order valence-electron chi connectivity index (χ1n) is 4.60. The predicted octanol–water partition coefficient (Wildman–Crippen LogP) is 3.77. The fraction of sp³-hybridized carbons (Fsp3) is 0.364. The highest BCUT2D eigenvalue weighted by Gasteiger charge is 2.18. The standard InChI is InChI=1S/C11H12BrClO2/c1-3-10(14)11(15-2)7-4-5-9(13)8(12)6-7/h4-6,11H,3H2,1-2H3. The van der Waals surface area contributed by atoms with Crippen LogP contribution in [0.2, 0.25) is 5.02 Å². The van der Waals surface area contributed by atoms with Crippen molar-refractivity contribution < 1.29 is 9.53 Å². The molecular formula is C11H12BrClO2. The normalized spacial score (nSPS) is 12.5. The van der Waals surface area contributed by atoms with Gasteiger partial charge >= 0.3 is 0 Å². The lowest BCUT2D eigenvalue weighted by Crippen LogP contribution is -2.13. The summed E-state index contributed by atoms with van der Waals surface area (Å²) in [5.41, 5.74) is 0.820. The first-order valence-corrected chi connectivity index (χ1v) is 5.77. The van der Waals surface area contributed by atoms with E-state index in [0.29, 0.717) is 11.4 Å². The fourth-order valence-corrected chi connectivity index (χ4v) is 1.83. The van der Waals surface area contributed by atoms with Crippen molar-refractivity contribution in [3.05, 3.63) is 33.3 Å². The van der Waals surface area contributed by atoms with Gasteiger partial charge in [0.2, 0.25) is 0 Å². The van der Waals surface area contributed by atoms with E-state index in [1.807, 2.05) is 13.0 Å². The Bertz CT molecular complexity index is 366. The van der Waals surface area contributed by atoms with Gasteiger partial charge in [-0.2, -0.15) is 0 Å². The molecule has 0 fully saturated rings. The minimum Gasteiger partial charge on any atom is -0.369 e. The van der Waals surface area contributed by atoms with E-state index >= 15 is 0 Å². The van der Waals surface area contributed by atoms with Gasteiger partial charge in [-0.15, -0.1) is 0 Å². The second-order valence-electron chi connectivity index (χ2n) is 3.11. The van der Waals surface area contributed by atoms with Crippen molar-refractivity contribution in [1.82, 2.24) is 0 Å².